The maximum absolute atomic E-state index is 12.1. The van der Waals surface area contributed by atoms with E-state index in [4.69, 9.17) is 11.6 Å². The first-order chi connectivity index (χ1) is 9.43. The van der Waals surface area contributed by atoms with Crippen molar-refractivity contribution in [2.24, 2.45) is 5.92 Å². The summed E-state index contributed by atoms with van der Waals surface area (Å²) in [6.45, 7) is 2.09. The van der Waals surface area contributed by atoms with E-state index in [1.807, 2.05) is 0 Å². The van der Waals surface area contributed by atoms with Gasteiger partial charge in [-0.1, -0.05) is 18.5 Å². The van der Waals surface area contributed by atoms with E-state index >= 15 is 0 Å². The molecule has 2 rings (SSSR count). The zero-order valence-corrected chi connectivity index (χ0v) is 12.0. The molecule has 0 aliphatic heterocycles. The van der Waals surface area contributed by atoms with E-state index in [-0.39, 0.29) is 5.69 Å². The van der Waals surface area contributed by atoms with Gasteiger partial charge in [-0.15, -0.1) is 0 Å². The molecular formula is C14H17ClN2O3. The van der Waals surface area contributed by atoms with Gasteiger partial charge in [-0.2, -0.15) is 0 Å². The largest absolute Gasteiger partial charge is 0.480 e. The molecule has 1 aromatic rings. The van der Waals surface area contributed by atoms with Crippen LogP contribution in [0.15, 0.2) is 18.3 Å². The molecule has 1 amide bonds. The van der Waals surface area contributed by atoms with Gasteiger partial charge in [-0.25, -0.2) is 9.78 Å². The fourth-order valence-corrected chi connectivity index (χ4v) is 2.55. The van der Waals surface area contributed by atoms with Gasteiger partial charge in [0.15, 0.2) is 0 Å². The molecule has 2 N–H and O–H groups in total. The van der Waals surface area contributed by atoms with Gasteiger partial charge in [0.1, 0.15) is 11.2 Å². The quantitative estimate of drug-likeness (QED) is 0.898. The van der Waals surface area contributed by atoms with Gasteiger partial charge in [0.2, 0.25) is 0 Å². The van der Waals surface area contributed by atoms with E-state index < -0.39 is 17.4 Å². The number of hydrogen-bond acceptors (Lipinski definition) is 3. The Bertz CT molecular complexity index is 508. The summed E-state index contributed by atoms with van der Waals surface area (Å²) in [4.78, 5) is 27.6. The smallest absolute Gasteiger partial charge is 0.329 e. The van der Waals surface area contributed by atoms with Crippen molar-refractivity contribution >= 4 is 23.5 Å². The molecule has 5 nitrogen and oxygen atoms in total. The molecule has 0 unspecified atom stereocenters. The zero-order valence-electron chi connectivity index (χ0n) is 11.2. The van der Waals surface area contributed by atoms with Crippen molar-refractivity contribution in [3.05, 3.63) is 29.0 Å². The van der Waals surface area contributed by atoms with Crippen molar-refractivity contribution in [3.63, 3.8) is 0 Å². The SMILES string of the molecule is CC1CCC(NC(=O)c2ccc(Cl)cn2)(C(=O)O)CC1. The van der Waals surface area contributed by atoms with Gasteiger partial charge < -0.3 is 10.4 Å². The first-order valence-corrected chi connectivity index (χ1v) is 6.98. The molecule has 0 radical (unpaired) electrons. The fourth-order valence-electron chi connectivity index (χ4n) is 2.44. The molecule has 0 bridgehead atoms. The van der Waals surface area contributed by atoms with Crippen LogP contribution in [0.2, 0.25) is 5.02 Å². The number of carbonyl (C=O) groups is 2. The molecule has 1 fully saturated rings. The Morgan fingerprint density at radius 2 is 2.05 bits per heavy atom. The first-order valence-electron chi connectivity index (χ1n) is 6.60. The lowest BCUT2D eigenvalue weighted by Gasteiger charge is -2.36. The average molecular weight is 297 g/mol. The third kappa shape index (κ3) is 3.10. The Morgan fingerprint density at radius 1 is 1.40 bits per heavy atom. The normalized spacial score (nSPS) is 26.0. The number of nitrogens with one attached hydrogen (secondary N) is 1. The maximum atomic E-state index is 12.1. The molecule has 1 heterocycles. The Labute approximate surface area is 122 Å². The van der Waals surface area contributed by atoms with Gasteiger partial charge in [0, 0.05) is 6.20 Å². The van der Waals surface area contributed by atoms with Crippen molar-refractivity contribution in [1.82, 2.24) is 10.3 Å². The Balaban J connectivity index is 2.14. The van der Waals surface area contributed by atoms with Crippen molar-refractivity contribution in [1.29, 1.82) is 0 Å². The number of carbonyl (C=O) groups excluding carboxylic acids is 1. The molecule has 1 aliphatic rings. The molecule has 0 saturated heterocycles. The van der Waals surface area contributed by atoms with Crippen LogP contribution in [0, 0.1) is 5.92 Å². The van der Waals surface area contributed by atoms with E-state index in [1.165, 1.54) is 12.3 Å². The van der Waals surface area contributed by atoms with Gasteiger partial charge in [-0.3, -0.25) is 4.79 Å². The lowest BCUT2D eigenvalue weighted by atomic mass is 9.77. The minimum Gasteiger partial charge on any atom is -0.480 e. The second-order valence-corrected chi connectivity index (χ2v) is 5.82. The van der Waals surface area contributed by atoms with E-state index in [0.29, 0.717) is 23.8 Å². The fraction of sp³-hybridized carbons (Fsp3) is 0.500. The van der Waals surface area contributed by atoms with Crippen molar-refractivity contribution in [2.75, 3.05) is 0 Å². The zero-order chi connectivity index (χ0) is 14.8. The molecular weight excluding hydrogens is 280 g/mol. The van der Waals surface area contributed by atoms with Gasteiger partial charge in [0.05, 0.1) is 5.02 Å². The minimum absolute atomic E-state index is 0.175. The Kier molecular flexibility index (Phi) is 4.28. The number of pyridine rings is 1. The lowest BCUT2D eigenvalue weighted by molar-refractivity contribution is -0.146. The van der Waals surface area contributed by atoms with Crippen molar-refractivity contribution in [2.45, 2.75) is 38.1 Å². The molecule has 0 spiro atoms. The van der Waals surface area contributed by atoms with E-state index in [2.05, 4.69) is 17.2 Å². The standard InChI is InChI=1S/C14H17ClN2O3/c1-9-4-6-14(7-5-9,13(19)20)17-12(18)11-3-2-10(15)8-16-11/h2-3,8-9H,4-7H2,1H3,(H,17,18)(H,19,20). The number of amides is 1. The van der Waals surface area contributed by atoms with Crippen LogP contribution in [-0.4, -0.2) is 27.5 Å². The second kappa shape index (κ2) is 5.79. The van der Waals surface area contributed by atoms with Crippen LogP contribution in [0.1, 0.15) is 43.1 Å². The summed E-state index contributed by atoms with van der Waals surface area (Å²) in [5.74, 6) is -0.960. The van der Waals surface area contributed by atoms with Crippen molar-refractivity contribution in [3.8, 4) is 0 Å². The highest BCUT2D eigenvalue weighted by atomic mass is 35.5. The topological polar surface area (TPSA) is 79.3 Å². The van der Waals surface area contributed by atoms with Crippen molar-refractivity contribution < 1.29 is 14.7 Å². The van der Waals surface area contributed by atoms with E-state index in [1.54, 1.807) is 6.07 Å². The van der Waals surface area contributed by atoms with E-state index in [9.17, 15) is 14.7 Å². The number of carboxylic acid groups (broad SMARTS) is 1. The number of nitrogens with zero attached hydrogens (tertiary/aromatic N) is 1. The Morgan fingerprint density at radius 3 is 2.55 bits per heavy atom. The summed E-state index contributed by atoms with van der Waals surface area (Å²) >= 11 is 5.71. The van der Waals surface area contributed by atoms with Gasteiger partial charge in [-0.05, 0) is 43.7 Å². The predicted octanol–water partition coefficient (Wildman–Crippen LogP) is 2.50. The number of aliphatic carboxylic acids is 1. The number of rotatable bonds is 3. The van der Waals surface area contributed by atoms with Crippen LogP contribution >= 0.6 is 11.6 Å². The monoisotopic (exact) mass is 296 g/mol. The summed E-state index contributed by atoms with van der Waals surface area (Å²) in [7, 11) is 0. The predicted molar refractivity (Wildman–Crippen MR) is 74.7 cm³/mol. The summed E-state index contributed by atoms with van der Waals surface area (Å²) < 4.78 is 0. The maximum Gasteiger partial charge on any atom is 0.329 e. The van der Waals surface area contributed by atoms with Gasteiger partial charge >= 0.3 is 5.97 Å². The highest BCUT2D eigenvalue weighted by molar-refractivity contribution is 6.30. The molecule has 0 aromatic carbocycles. The average Bonchev–Trinajstić information content (AvgIpc) is 2.42. The Hall–Kier alpha value is -1.62. The summed E-state index contributed by atoms with van der Waals surface area (Å²) in [6, 6.07) is 3.04. The van der Waals surface area contributed by atoms with E-state index in [0.717, 1.165) is 12.8 Å². The highest BCUT2D eigenvalue weighted by Gasteiger charge is 2.42. The van der Waals surface area contributed by atoms with Crippen LogP contribution in [0.3, 0.4) is 0 Å². The molecule has 20 heavy (non-hydrogen) atoms. The molecule has 0 atom stereocenters. The molecule has 1 aromatic heterocycles. The van der Waals surface area contributed by atoms with Crippen LogP contribution in [-0.2, 0) is 4.79 Å². The summed E-state index contributed by atoms with van der Waals surface area (Å²) in [5, 5.41) is 12.5. The number of hydrogen-bond donors (Lipinski definition) is 2. The summed E-state index contributed by atoms with van der Waals surface area (Å²) in [5.41, 5.74) is -1.00. The van der Waals surface area contributed by atoms with Crippen LogP contribution in [0.25, 0.3) is 0 Å². The molecule has 6 heteroatoms. The molecule has 1 aliphatic carbocycles. The van der Waals surface area contributed by atoms with Crippen LogP contribution in [0.5, 0.6) is 0 Å². The minimum atomic E-state index is -1.18. The summed E-state index contributed by atoms with van der Waals surface area (Å²) in [6.07, 6.45) is 3.85. The number of halogens is 1. The lowest BCUT2D eigenvalue weighted by Crippen LogP contribution is -2.56. The molecule has 1 saturated carbocycles. The molecule has 108 valence electrons. The van der Waals surface area contributed by atoms with Crippen LogP contribution < -0.4 is 5.32 Å². The third-order valence-corrected chi connectivity index (χ3v) is 4.07. The number of aromatic nitrogens is 1. The van der Waals surface area contributed by atoms with Crippen LogP contribution in [0.4, 0.5) is 0 Å². The highest BCUT2D eigenvalue weighted by Crippen LogP contribution is 2.32. The number of carboxylic acids is 1. The third-order valence-electron chi connectivity index (χ3n) is 3.85. The first kappa shape index (κ1) is 14.8. The van der Waals surface area contributed by atoms with Gasteiger partial charge in [0.25, 0.3) is 5.91 Å². The second-order valence-electron chi connectivity index (χ2n) is 5.39.